The summed E-state index contributed by atoms with van der Waals surface area (Å²) in [5, 5.41) is 8.25. The van der Waals surface area contributed by atoms with Crippen LogP contribution in [0.4, 0.5) is 0 Å². The van der Waals surface area contributed by atoms with E-state index < -0.39 is 0 Å². The van der Waals surface area contributed by atoms with E-state index in [2.05, 4.69) is 22.3 Å². The number of hydrogen-bond acceptors (Lipinski definition) is 6. The number of carbonyl (C=O) groups excluding carboxylic acids is 1. The smallest absolute Gasteiger partial charge is 0.352 e. The third-order valence-electron chi connectivity index (χ3n) is 5.48. The molecule has 0 radical (unpaired) electrons. The summed E-state index contributed by atoms with van der Waals surface area (Å²) >= 11 is 1.70. The van der Waals surface area contributed by atoms with E-state index in [4.69, 9.17) is 4.42 Å². The van der Waals surface area contributed by atoms with Crippen LogP contribution in [0.1, 0.15) is 35.4 Å². The van der Waals surface area contributed by atoms with Crippen LogP contribution in [-0.2, 0) is 30.7 Å². The van der Waals surface area contributed by atoms with E-state index in [1.807, 2.05) is 0 Å². The summed E-state index contributed by atoms with van der Waals surface area (Å²) in [7, 11) is 0. The molecule has 0 saturated heterocycles. The summed E-state index contributed by atoms with van der Waals surface area (Å²) in [6.45, 7) is 4.20. The van der Waals surface area contributed by atoms with Gasteiger partial charge >= 0.3 is 5.69 Å². The van der Waals surface area contributed by atoms with Gasteiger partial charge < -0.3 is 9.73 Å². The molecule has 1 aliphatic carbocycles. The zero-order valence-electron chi connectivity index (χ0n) is 16.3. The molecule has 4 heterocycles. The summed E-state index contributed by atoms with van der Waals surface area (Å²) < 4.78 is 7.95. The fourth-order valence-corrected chi connectivity index (χ4v) is 5.42. The van der Waals surface area contributed by atoms with Gasteiger partial charge in [0.05, 0.1) is 18.2 Å². The van der Waals surface area contributed by atoms with Crippen LogP contribution in [0.2, 0.25) is 0 Å². The van der Waals surface area contributed by atoms with Gasteiger partial charge in [0.25, 0.3) is 0 Å². The van der Waals surface area contributed by atoms with Crippen LogP contribution in [0.25, 0.3) is 15.9 Å². The number of amides is 1. The quantitative estimate of drug-likeness (QED) is 0.557. The second-order valence-corrected chi connectivity index (χ2v) is 8.73. The Kier molecular flexibility index (Phi) is 4.27. The normalized spacial score (nSPS) is 16.4. The summed E-state index contributed by atoms with van der Waals surface area (Å²) in [6, 6.07) is 3.54. The average molecular weight is 411 g/mol. The third-order valence-corrected chi connectivity index (χ3v) is 6.62. The van der Waals surface area contributed by atoms with Crippen molar-refractivity contribution in [2.45, 2.75) is 46.2 Å². The minimum absolute atomic E-state index is 0.147. The Hall–Kier alpha value is -2.94. The zero-order valence-corrected chi connectivity index (χ0v) is 17.1. The highest BCUT2D eigenvalue weighted by molar-refractivity contribution is 7.19. The van der Waals surface area contributed by atoms with E-state index in [0.29, 0.717) is 23.1 Å². The van der Waals surface area contributed by atoms with Crippen molar-refractivity contribution in [1.82, 2.24) is 24.5 Å². The van der Waals surface area contributed by atoms with Gasteiger partial charge in [-0.25, -0.2) is 18.9 Å². The van der Waals surface area contributed by atoms with Gasteiger partial charge in [0, 0.05) is 4.88 Å². The van der Waals surface area contributed by atoms with Crippen LogP contribution < -0.4 is 11.0 Å². The van der Waals surface area contributed by atoms with Crippen LogP contribution in [-0.4, -0.2) is 25.1 Å². The molecule has 0 unspecified atom stereocenters. The van der Waals surface area contributed by atoms with E-state index in [9.17, 15) is 9.59 Å². The lowest BCUT2D eigenvalue weighted by Gasteiger charge is -2.17. The highest BCUT2D eigenvalue weighted by atomic mass is 32.1. The van der Waals surface area contributed by atoms with Gasteiger partial charge in [-0.2, -0.15) is 0 Å². The Morgan fingerprint density at radius 3 is 3.10 bits per heavy atom. The van der Waals surface area contributed by atoms with Crippen molar-refractivity contribution in [3.05, 3.63) is 50.9 Å². The molecule has 1 amide bonds. The number of hydrogen-bond donors (Lipinski definition) is 1. The lowest BCUT2D eigenvalue weighted by molar-refractivity contribution is -0.122. The molecule has 29 heavy (non-hydrogen) atoms. The van der Waals surface area contributed by atoms with Gasteiger partial charge in [0.2, 0.25) is 5.91 Å². The fourth-order valence-electron chi connectivity index (χ4n) is 4.00. The summed E-state index contributed by atoms with van der Waals surface area (Å²) in [4.78, 5) is 32.2. The van der Waals surface area contributed by atoms with Crippen LogP contribution in [0, 0.1) is 12.8 Å². The maximum atomic E-state index is 12.9. The molecule has 0 bridgehead atoms. The van der Waals surface area contributed by atoms with Crippen molar-refractivity contribution >= 4 is 33.1 Å². The van der Waals surface area contributed by atoms with Crippen molar-refractivity contribution in [2.24, 2.45) is 5.92 Å². The Morgan fingerprint density at radius 2 is 2.31 bits per heavy atom. The maximum Gasteiger partial charge on any atom is 0.352 e. The first-order valence-corrected chi connectivity index (χ1v) is 10.5. The van der Waals surface area contributed by atoms with Gasteiger partial charge in [-0.3, -0.25) is 4.79 Å². The Morgan fingerprint density at radius 1 is 1.45 bits per heavy atom. The van der Waals surface area contributed by atoms with Crippen LogP contribution in [0.15, 0.2) is 27.6 Å². The Balaban J connectivity index is 1.53. The molecule has 8 nitrogen and oxygen atoms in total. The maximum absolute atomic E-state index is 12.9. The first-order valence-electron chi connectivity index (χ1n) is 9.70. The highest BCUT2D eigenvalue weighted by Gasteiger charge is 2.25. The van der Waals surface area contributed by atoms with E-state index >= 15 is 0 Å². The molecule has 9 heteroatoms. The minimum Gasteiger partial charge on any atom is -0.467 e. The topological polar surface area (TPSA) is 94.4 Å². The van der Waals surface area contributed by atoms with Crippen molar-refractivity contribution in [2.75, 3.05) is 0 Å². The summed E-state index contributed by atoms with van der Waals surface area (Å²) in [5.74, 6) is 1.60. The zero-order chi connectivity index (χ0) is 20.1. The average Bonchev–Trinajstić information content (AvgIpc) is 3.38. The van der Waals surface area contributed by atoms with E-state index in [1.165, 1.54) is 19.5 Å². The van der Waals surface area contributed by atoms with Gasteiger partial charge in [0.1, 0.15) is 23.0 Å². The van der Waals surface area contributed by atoms with Crippen molar-refractivity contribution in [3.8, 4) is 0 Å². The lowest BCUT2D eigenvalue weighted by atomic mass is 9.89. The van der Waals surface area contributed by atoms with Crippen LogP contribution in [0.5, 0.6) is 0 Å². The highest BCUT2D eigenvalue weighted by Crippen LogP contribution is 2.38. The fraction of sp³-hybridized carbons (Fsp3) is 0.400. The number of aromatic nitrogens is 4. The van der Waals surface area contributed by atoms with Crippen molar-refractivity contribution in [1.29, 1.82) is 0 Å². The molecule has 0 saturated carbocycles. The molecular weight excluding hydrogens is 390 g/mol. The molecule has 4 aromatic heterocycles. The first kappa shape index (κ1) is 18.1. The molecule has 4 aromatic rings. The molecule has 1 atom stereocenters. The molecule has 0 fully saturated rings. The number of thiophene rings is 1. The van der Waals surface area contributed by atoms with Gasteiger partial charge in [-0.05, 0) is 49.8 Å². The van der Waals surface area contributed by atoms with Gasteiger partial charge in [-0.15, -0.1) is 16.4 Å². The first-order chi connectivity index (χ1) is 14.0. The SMILES string of the molecule is Cc1nc2sc3c(c2c2nn(CC(=O)NCc4ccco4)c(=O)n12)CC[C@@H](C)C3. The summed E-state index contributed by atoms with van der Waals surface area (Å²) in [6.07, 6.45) is 4.69. The standard InChI is InChI=1S/C20H21N5O3S/c1-11-5-6-14-15(8-11)29-19-17(14)18-23-24(20(27)25(18)12(2)22-19)10-16(26)21-9-13-4-3-7-28-13/h3-4,7,11H,5-6,8-10H2,1-2H3,(H,21,26)/t11-/m1/s1. The number of aryl methyl sites for hydroxylation is 2. The monoisotopic (exact) mass is 411 g/mol. The Bertz CT molecular complexity index is 1280. The van der Waals surface area contributed by atoms with Gasteiger partial charge in [-0.1, -0.05) is 6.92 Å². The Labute approximate surface area is 170 Å². The molecule has 150 valence electrons. The molecule has 0 aliphatic heterocycles. The molecule has 1 N–H and O–H groups in total. The molecule has 0 aromatic carbocycles. The third kappa shape index (κ3) is 3.05. The predicted octanol–water partition coefficient (Wildman–Crippen LogP) is 2.45. The number of nitrogens with zero attached hydrogens (tertiary/aromatic N) is 4. The lowest BCUT2D eigenvalue weighted by Crippen LogP contribution is -2.32. The number of carbonyl (C=O) groups is 1. The van der Waals surface area contributed by atoms with E-state index in [0.717, 1.165) is 29.5 Å². The van der Waals surface area contributed by atoms with Crippen molar-refractivity contribution in [3.63, 3.8) is 0 Å². The molecule has 0 spiro atoms. The van der Waals surface area contributed by atoms with E-state index in [1.54, 1.807) is 36.7 Å². The minimum atomic E-state index is -0.343. The second-order valence-electron chi connectivity index (χ2n) is 7.65. The number of rotatable bonds is 4. The largest absolute Gasteiger partial charge is 0.467 e. The van der Waals surface area contributed by atoms with Crippen LogP contribution in [0.3, 0.4) is 0 Å². The second kappa shape index (κ2) is 6.84. The van der Waals surface area contributed by atoms with Crippen molar-refractivity contribution < 1.29 is 9.21 Å². The predicted molar refractivity (Wildman–Crippen MR) is 109 cm³/mol. The van der Waals surface area contributed by atoms with Crippen LogP contribution >= 0.6 is 11.3 Å². The number of nitrogens with one attached hydrogen (secondary N) is 1. The van der Waals surface area contributed by atoms with Gasteiger partial charge in [0.15, 0.2) is 5.65 Å². The van der Waals surface area contributed by atoms with E-state index in [-0.39, 0.29) is 24.7 Å². The molecule has 5 rings (SSSR count). The number of furan rings is 1. The molecule has 1 aliphatic rings. The summed E-state index contributed by atoms with van der Waals surface area (Å²) in [5.41, 5.74) is 1.52. The molecular formula is C20H21N5O3S. The number of fused-ring (bicyclic) bond motifs is 5.